The normalized spacial score (nSPS) is 16.5. The number of ether oxygens (including phenoxy) is 2. The highest BCUT2D eigenvalue weighted by Crippen LogP contribution is 2.28. The Balaban J connectivity index is 1.72. The second-order valence-electron chi connectivity index (χ2n) is 5.94. The largest absolute Gasteiger partial charge is 0.488 e. The van der Waals surface area contributed by atoms with Crippen molar-refractivity contribution in [1.29, 1.82) is 0 Å². The number of hydrogen-bond acceptors (Lipinski definition) is 3. The number of aliphatic hydroxyl groups excluding tert-OH is 1. The molecule has 0 aliphatic carbocycles. The third-order valence-corrected chi connectivity index (χ3v) is 4.04. The number of rotatable bonds is 4. The van der Waals surface area contributed by atoms with E-state index >= 15 is 0 Å². The van der Waals surface area contributed by atoms with Crippen molar-refractivity contribution in [2.75, 3.05) is 19.8 Å². The molecule has 1 saturated heterocycles. The second kappa shape index (κ2) is 8.01. The molecule has 0 saturated carbocycles. The van der Waals surface area contributed by atoms with Gasteiger partial charge in [-0.1, -0.05) is 30.0 Å². The van der Waals surface area contributed by atoms with Gasteiger partial charge in [0.05, 0.1) is 19.8 Å². The van der Waals surface area contributed by atoms with Gasteiger partial charge in [-0.3, -0.25) is 0 Å². The predicted molar refractivity (Wildman–Crippen MR) is 95.0 cm³/mol. The second-order valence-corrected chi connectivity index (χ2v) is 5.94. The molecule has 2 aromatic rings. The lowest BCUT2D eigenvalue weighted by molar-refractivity contribution is 0.141. The van der Waals surface area contributed by atoms with E-state index in [1.54, 1.807) is 0 Å². The molecule has 1 aliphatic rings. The summed E-state index contributed by atoms with van der Waals surface area (Å²) in [5.74, 6) is 6.91. The number of aliphatic hydroxyl groups is 1. The van der Waals surface area contributed by atoms with Gasteiger partial charge in [0, 0.05) is 18.4 Å². The number of benzene rings is 2. The maximum absolute atomic E-state index is 8.76. The summed E-state index contributed by atoms with van der Waals surface area (Å²) in [7, 11) is 0. The van der Waals surface area contributed by atoms with Gasteiger partial charge in [0.25, 0.3) is 0 Å². The molecule has 1 atom stereocenters. The molecule has 1 fully saturated rings. The van der Waals surface area contributed by atoms with Crippen LogP contribution in [0.3, 0.4) is 0 Å². The zero-order chi connectivity index (χ0) is 16.8. The predicted octanol–water partition coefficient (Wildman–Crippen LogP) is 3.56. The molecule has 3 heteroatoms. The van der Waals surface area contributed by atoms with Crippen LogP contribution in [0.4, 0.5) is 0 Å². The fourth-order valence-electron chi connectivity index (χ4n) is 2.71. The van der Waals surface area contributed by atoms with Crippen LogP contribution in [0.2, 0.25) is 0 Å². The Hall–Kier alpha value is -2.28. The van der Waals surface area contributed by atoms with Crippen LogP contribution < -0.4 is 4.74 Å². The summed E-state index contributed by atoms with van der Waals surface area (Å²) < 4.78 is 11.4. The number of aryl methyl sites for hydroxylation is 1. The molecule has 1 heterocycles. The van der Waals surface area contributed by atoms with Gasteiger partial charge in [-0.2, -0.15) is 0 Å². The first-order valence-corrected chi connectivity index (χ1v) is 8.31. The Morgan fingerprint density at radius 3 is 2.62 bits per heavy atom. The molecule has 1 N–H and O–H groups in total. The minimum absolute atomic E-state index is 0.103. The minimum Gasteiger partial charge on any atom is -0.488 e. The average molecular weight is 322 g/mol. The van der Waals surface area contributed by atoms with E-state index in [0.29, 0.717) is 13.0 Å². The van der Waals surface area contributed by atoms with Gasteiger partial charge < -0.3 is 14.6 Å². The van der Waals surface area contributed by atoms with Crippen LogP contribution in [0, 0.1) is 18.8 Å². The molecule has 1 aliphatic heterocycles. The summed E-state index contributed by atoms with van der Waals surface area (Å²) in [6.07, 6.45) is 1.64. The molecule has 0 spiro atoms. The fourth-order valence-corrected chi connectivity index (χ4v) is 2.71. The zero-order valence-corrected chi connectivity index (χ0v) is 13.9. The number of hydrogen-bond donors (Lipinski definition) is 1. The zero-order valence-electron chi connectivity index (χ0n) is 13.9. The van der Waals surface area contributed by atoms with E-state index < -0.39 is 0 Å². The quantitative estimate of drug-likeness (QED) is 0.875. The molecule has 24 heavy (non-hydrogen) atoms. The highest BCUT2D eigenvalue weighted by atomic mass is 16.5. The van der Waals surface area contributed by atoms with Gasteiger partial charge >= 0.3 is 0 Å². The molecule has 0 amide bonds. The molecule has 124 valence electrons. The average Bonchev–Trinajstić information content (AvgIpc) is 3.11. The first-order chi connectivity index (χ1) is 11.8. The minimum atomic E-state index is 0.103. The van der Waals surface area contributed by atoms with E-state index in [2.05, 4.69) is 43.0 Å². The van der Waals surface area contributed by atoms with E-state index in [1.165, 1.54) is 0 Å². The van der Waals surface area contributed by atoms with E-state index in [1.807, 2.05) is 18.2 Å². The molecule has 3 rings (SSSR count). The van der Waals surface area contributed by atoms with E-state index in [4.69, 9.17) is 14.6 Å². The summed E-state index contributed by atoms with van der Waals surface area (Å²) in [6.45, 7) is 3.64. The van der Waals surface area contributed by atoms with Crippen LogP contribution in [0.15, 0.2) is 42.5 Å². The molecule has 0 aromatic heterocycles. The van der Waals surface area contributed by atoms with E-state index in [-0.39, 0.29) is 12.7 Å². The van der Waals surface area contributed by atoms with Crippen LogP contribution in [0.25, 0.3) is 11.1 Å². The molecule has 3 nitrogen and oxygen atoms in total. The Morgan fingerprint density at radius 2 is 1.96 bits per heavy atom. The Kier molecular flexibility index (Phi) is 5.53. The topological polar surface area (TPSA) is 38.7 Å². The van der Waals surface area contributed by atoms with Crippen molar-refractivity contribution >= 4 is 0 Å². The van der Waals surface area contributed by atoms with Crippen molar-refractivity contribution in [3.63, 3.8) is 0 Å². The summed E-state index contributed by atoms with van der Waals surface area (Å²) in [5.41, 5.74) is 4.41. The highest BCUT2D eigenvalue weighted by Gasteiger charge is 2.18. The van der Waals surface area contributed by atoms with Gasteiger partial charge in [-0.05, 0) is 47.9 Å². The van der Waals surface area contributed by atoms with Crippen molar-refractivity contribution in [3.8, 4) is 28.7 Å². The van der Waals surface area contributed by atoms with Gasteiger partial charge in [-0.25, -0.2) is 0 Å². The summed E-state index contributed by atoms with van der Waals surface area (Å²) >= 11 is 0. The van der Waals surface area contributed by atoms with Crippen LogP contribution in [-0.4, -0.2) is 31.0 Å². The lowest BCUT2D eigenvalue weighted by Gasteiger charge is -2.15. The first-order valence-electron chi connectivity index (χ1n) is 8.31. The SMILES string of the molecule is Cc1cc(-c2ccc(C#CCCO)cc2)ccc1OC1CCOC1. The van der Waals surface area contributed by atoms with Crippen LogP contribution >= 0.6 is 0 Å². The Morgan fingerprint density at radius 1 is 1.17 bits per heavy atom. The van der Waals surface area contributed by atoms with Crippen molar-refractivity contribution in [2.24, 2.45) is 0 Å². The Bertz CT molecular complexity index is 732. The van der Waals surface area contributed by atoms with Crippen LogP contribution in [-0.2, 0) is 4.74 Å². The third kappa shape index (κ3) is 4.17. The first kappa shape index (κ1) is 16.6. The lowest BCUT2D eigenvalue weighted by Crippen LogP contribution is -2.16. The summed E-state index contributed by atoms with van der Waals surface area (Å²) in [4.78, 5) is 0. The fraction of sp³-hybridized carbons (Fsp3) is 0.333. The van der Waals surface area contributed by atoms with Crippen molar-refractivity contribution in [2.45, 2.75) is 25.9 Å². The third-order valence-electron chi connectivity index (χ3n) is 4.04. The molecule has 0 radical (unpaired) electrons. The maximum atomic E-state index is 8.76. The lowest BCUT2D eigenvalue weighted by atomic mass is 10.0. The van der Waals surface area contributed by atoms with Gasteiger partial charge in [0.2, 0.25) is 0 Å². The van der Waals surface area contributed by atoms with Crippen molar-refractivity contribution in [3.05, 3.63) is 53.6 Å². The molecule has 1 unspecified atom stereocenters. The van der Waals surface area contributed by atoms with Gasteiger partial charge in [-0.15, -0.1) is 0 Å². The summed E-state index contributed by atoms with van der Waals surface area (Å²) in [6, 6.07) is 14.4. The van der Waals surface area contributed by atoms with E-state index in [9.17, 15) is 0 Å². The molecule has 2 aromatic carbocycles. The smallest absolute Gasteiger partial charge is 0.124 e. The monoisotopic (exact) mass is 322 g/mol. The van der Waals surface area contributed by atoms with Crippen LogP contribution in [0.1, 0.15) is 24.0 Å². The standard InChI is InChI=1S/C21H22O3/c1-16-14-19(9-10-21(16)24-20-11-13-23-15-20)18-7-5-17(6-8-18)4-2-3-12-22/h5-10,14,20,22H,3,11-13,15H2,1H3. The Labute approximate surface area is 143 Å². The highest BCUT2D eigenvalue weighted by molar-refractivity contribution is 5.66. The molecular weight excluding hydrogens is 300 g/mol. The van der Waals surface area contributed by atoms with Gasteiger partial charge in [0.15, 0.2) is 0 Å². The van der Waals surface area contributed by atoms with Crippen LogP contribution in [0.5, 0.6) is 5.75 Å². The van der Waals surface area contributed by atoms with E-state index in [0.717, 1.165) is 41.0 Å². The summed E-state index contributed by atoms with van der Waals surface area (Å²) in [5, 5.41) is 8.76. The van der Waals surface area contributed by atoms with Crippen molar-refractivity contribution in [1.82, 2.24) is 0 Å². The van der Waals surface area contributed by atoms with Crippen molar-refractivity contribution < 1.29 is 14.6 Å². The van der Waals surface area contributed by atoms with Gasteiger partial charge in [0.1, 0.15) is 11.9 Å². The maximum Gasteiger partial charge on any atom is 0.124 e. The molecule has 0 bridgehead atoms. The molecular formula is C21H22O3.